The first-order chi connectivity index (χ1) is 10.3. The van der Waals surface area contributed by atoms with Gasteiger partial charge in [0.15, 0.2) is 0 Å². The molecule has 0 radical (unpaired) electrons. The zero-order valence-electron chi connectivity index (χ0n) is 12.9. The molecule has 1 atom stereocenters. The molecule has 4 heteroatoms. The van der Waals surface area contributed by atoms with Crippen LogP contribution in [0.1, 0.15) is 42.5 Å². The predicted octanol–water partition coefficient (Wildman–Crippen LogP) is 2.27. The van der Waals surface area contributed by atoms with Crippen molar-refractivity contribution >= 4 is 5.82 Å². The number of hydrogen-bond acceptors (Lipinski definition) is 4. The van der Waals surface area contributed by atoms with Gasteiger partial charge in [0, 0.05) is 19.3 Å². The van der Waals surface area contributed by atoms with E-state index in [-0.39, 0.29) is 0 Å². The van der Waals surface area contributed by atoms with Gasteiger partial charge in [0.1, 0.15) is 11.9 Å². The summed E-state index contributed by atoms with van der Waals surface area (Å²) in [6, 6.07) is 4.42. The lowest BCUT2D eigenvalue weighted by molar-refractivity contribution is 0.380. The van der Waals surface area contributed by atoms with Gasteiger partial charge >= 0.3 is 0 Å². The van der Waals surface area contributed by atoms with E-state index < -0.39 is 0 Å². The molecule has 1 aromatic heterocycles. The summed E-state index contributed by atoms with van der Waals surface area (Å²) in [5, 5.41) is 12.9. The standard InChI is InChI=1S/C17H24N4/c1-21(12-13-5-4-8-19-11-13)17-15(10-18)9-14-6-2-3-7-16(14)20-17/h9,13,19H,2-8,11-12H2,1H3. The van der Waals surface area contributed by atoms with Crippen LogP contribution >= 0.6 is 0 Å². The minimum Gasteiger partial charge on any atom is -0.358 e. The Morgan fingerprint density at radius 3 is 3.00 bits per heavy atom. The predicted molar refractivity (Wildman–Crippen MR) is 84.5 cm³/mol. The molecule has 0 aromatic carbocycles. The average molecular weight is 284 g/mol. The van der Waals surface area contributed by atoms with Gasteiger partial charge in [-0.05, 0) is 69.2 Å². The molecule has 1 aliphatic heterocycles. The second-order valence-electron chi connectivity index (χ2n) is 6.38. The second kappa shape index (κ2) is 6.44. The normalized spacial score (nSPS) is 21.4. The van der Waals surface area contributed by atoms with Crippen molar-refractivity contribution in [3.05, 3.63) is 22.9 Å². The van der Waals surface area contributed by atoms with E-state index in [1.54, 1.807) is 0 Å². The molecule has 1 aliphatic carbocycles. The number of nitriles is 1. The number of hydrogen-bond donors (Lipinski definition) is 1. The third-order valence-electron chi connectivity index (χ3n) is 4.69. The van der Waals surface area contributed by atoms with Crippen molar-refractivity contribution in [2.24, 2.45) is 5.92 Å². The van der Waals surface area contributed by atoms with Crippen molar-refractivity contribution in [3.63, 3.8) is 0 Å². The highest BCUT2D eigenvalue weighted by Gasteiger charge is 2.20. The van der Waals surface area contributed by atoms with Gasteiger partial charge in [-0.3, -0.25) is 0 Å². The lowest BCUT2D eigenvalue weighted by Crippen LogP contribution is -2.37. The maximum Gasteiger partial charge on any atom is 0.146 e. The van der Waals surface area contributed by atoms with E-state index in [2.05, 4.69) is 29.4 Å². The monoisotopic (exact) mass is 284 g/mol. The molecule has 3 rings (SSSR count). The molecule has 2 aliphatic rings. The van der Waals surface area contributed by atoms with Crippen molar-refractivity contribution in [2.75, 3.05) is 31.6 Å². The summed E-state index contributed by atoms with van der Waals surface area (Å²) >= 11 is 0. The maximum absolute atomic E-state index is 9.45. The third-order valence-corrected chi connectivity index (χ3v) is 4.69. The zero-order chi connectivity index (χ0) is 14.7. The zero-order valence-corrected chi connectivity index (χ0v) is 12.9. The van der Waals surface area contributed by atoms with Gasteiger partial charge < -0.3 is 10.2 Å². The molecular formula is C17H24N4. The summed E-state index contributed by atoms with van der Waals surface area (Å²) in [7, 11) is 2.08. The molecule has 0 bridgehead atoms. The van der Waals surface area contributed by atoms with Gasteiger partial charge in [0.05, 0.1) is 5.56 Å². The lowest BCUT2D eigenvalue weighted by atomic mass is 9.94. The van der Waals surface area contributed by atoms with Crippen LogP contribution in [0.2, 0.25) is 0 Å². The number of aromatic nitrogens is 1. The molecule has 112 valence electrons. The van der Waals surface area contributed by atoms with E-state index in [9.17, 15) is 5.26 Å². The highest BCUT2D eigenvalue weighted by atomic mass is 15.2. The largest absolute Gasteiger partial charge is 0.358 e. The Hall–Kier alpha value is -1.60. The lowest BCUT2D eigenvalue weighted by Gasteiger charge is -2.29. The van der Waals surface area contributed by atoms with E-state index in [1.807, 2.05) is 0 Å². The Labute approximate surface area is 127 Å². The Morgan fingerprint density at radius 1 is 1.38 bits per heavy atom. The summed E-state index contributed by atoms with van der Waals surface area (Å²) in [5.74, 6) is 1.54. The Kier molecular flexibility index (Phi) is 4.40. The molecule has 1 aromatic rings. The van der Waals surface area contributed by atoms with Crippen LogP contribution < -0.4 is 10.2 Å². The quantitative estimate of drug-likeness (QED) is 0.925. The molecule has 4 nitrogen and oxygen atoms in total. The van der Waals surface area contributed by atoms with Crippen molar-refractivity contribution in [2.45, 2.75) is 38.5 Å². The molecule has 1 fully saturated rings. The molecule has 1 unspecified atom stereocenters. The maximum atomic E-state index is 9.45. The minimum absolute atomic E-state index is 0.660. The summed E-state index contributed by atoms with van der Waals surface area (Å²) in [6.07, 6.45) is 7.11. The highest BCUT2D eigenvalue weighted by Crippen LogP contribution is 2.26. The first-order valence-electron chi connectivity index (χ1n) is 8.12. The van der Waals surface area contributed by atoms with E-state index in [0.29, 0.717) is 5.92 Å². The number of piperidine rings is 1. The smallest absolute Gasteiger partial charge is 0.146 e. The molecule has 2 heterocycles. The fourth-order valence-corrected chi connectivity index (χ4v) is 3.55. The fraction of sp³-hybridized carbons (Fsp3) is 0.647. The molecule has 1 N–H and O–H groups in total. The van der Waals surface area contributed by atoms with Crippen molar-refractivity contribution in [1.29, 1.82) is 5.26 Å². The van der Waals surface area contributed by atoms with Crippen LogP contribution in [0.5, 0.6) is 0 Å². The number of anilines is 1. The van der Waals surface area contributed by atoms with Crippen LogP contribution in [0.4, 0.5) is 5.82 Å². The summed E-state index contributed by atoms with van der Waals surface area (Å²) in [6.45, 7) is 3.20. The molecule has 0 amide bonds. The van der Waals surface area contributed by atoms with E-state index in [4.69, 9.17) is 4.98 Å². The van der Waals surface area contributed by atoms with Crippen LogP contribution in [-0.2, 0) is 12.8 Å². The Balaban J connectivity index is 1.81. The highest BCUT2D eigenvalue weighted by molar-refractivity contribution is 5.56. The Bertz CT molecular complexity index is 540. The molecule has 21 heavy (non-hydrogen) atoms. The number of nitrogens with zero attached hydrogens (tertiary/aromatic N) is 3. The van der Waals surface area contributed by atoms with Crippen molar-refractivity contribution in [3.8, 4) is 6.07 Å². The topological polar surface area (TPSA) is 52.0 Å². The van der Waals surface area contributed by atoms with Crippen molar-refractivity contribution in [1.82, 2.24) is 10.3 Å². The van der Waals surface area contributed by atoms with Crippen LogP contribution in [-0.4, -0.2) is 31.7 Å². The average Bonchev–Trinajstić information content (AvgIpc) is 2.54. The molecule has 0 spiro atoms. The van der Waals surface area contributed by atoms with E-state index >= 15 is 0 Å². The number of pyridine rings is 1. The van der Waals surface area contributed by atoms with E-state index in [1.165, 1.54) is 36.9 Å². The Morgan fingerprint density at radius 2 is 2.24 bits per heavy atom. The third kappa shape index (κ3) is 3.19. The number of fused-ring (bicyclic) bond motifs is 1. The molecule has 1 saturated heterocycles. The number of nitrogens with one attached hydrogen (secondary N) is 1. The van der Waals surface area contributed by atoms with Crippen LogP contribution in [0.25, 0.3) is 0 Å². The van der Waals surface area contributed by atoms with E-state index in [0.717, 1.165) is 43.9 Å². The SMILES string of the molecule is CN(CC1CCCNC1)c1nc2c(cc1C#N)CCCC2. The second-order valence-corrected chi connectivity index (χ2v) is 6.38. The number of aryl methyl sites for hydroxylation is 2. The van der Waals surface area contributed by atoms with Gasteiger partial charge in [-0.1, -0.05) is 0 Å². The summed E-state index contributed by atoms with van der Waals surface area (Å²) in [5.41, 5.74) is 3.24. The van der Waals surface area contributed by atoms with Crippen LogP contribution in [0.15, 0.2) is 6.07 Å². The van der Waals surface area contributed by atoms with Gasteiger partial charge in [-0.15, -0.1) is 0 Å². The van der Waals surface area contributed by atoms with Crippen LogP contribution in [0.3, 0.4) is 0 Å². The van der Waals surface area contributed by atoms with Gasteiger partial charge in [-0.25, -0.2) is 4.98 Å². The van der Waals surface area contributed by atoms with Gasteiger partial charge in [0.25, 0.3) is 0 Å². The van der Waals surface area contributed by atoms with Crippen molar-refractivity contribution < 1.29 is 0 Å². The molecular weight excluding hydrogens is 260 g/mol. The first-order valence-corrected chi connectivity index (χ1v) is 8.12. The van der Waals surface area contributed by atoms with Gasteiger partial charge in [-0.2, -0.15) is 5.26 Å². The minimum atomic E-state index is 0.660. The van der Waals surface area contributed by atoms with Crippen LogP contribution in [0, 0.1) is 17.2 Å². The summed E-state index contributed by atoms with van der Waals surface area (Å²) < 4.78 is 0. The van der Waals surface area contributed by atoms with Gasteiger partial charge in [0.2, 0.25) is 0 Å². The first kappa shape index (κ1) is 14.3. The fourth-order valence-electron chi connectivity index (χ4n) is 3.55. The molecule has 0 saturated carbocycles. The number of rotatable bonds is 3. The summed E-state index contributed by atoms with van der Waals surface area (Å²) in [4.78, 5) is 7.02.